The summed E-state index contributed by atoms with van der Waals surface area (Å²) in [6.45, 7) is 2.46. The van der Waals surface area contributed by atoms with Gasteiger partial charge in [0.15, 0.2) is 0 Å². The van der Waals surface area contributed by atoms with Crippen molar-refractivity contribution in [1.82, 2.24) is 4.90 Å². The molecule has 2 fully saturated rings. The van der Waals surface area contributed by atoms with Crippen molar-refractivity contribution in [2.75, 3.05) is 13.1 Å². The van der Waals surface area contributed by atoms with Crippen LogP contribution in [-0.2, 0) is 0 Å². The Bertz CT molecular complexity index is 614. The second-order valence-corrected chi connectivity index (χ2v) is 7.84. The normalized spacial score (nSPS) is 29.1. The van der Waals surface area contributed by atoms with Crippen molar-refractivity contribution in [2.45, 2.75) is 63.5 Å². The molecule has 3 heteroatoms. The molecule has 0 radical (unpaired) electrons. The maximum absolute atomic E-state index is 6.05. The van der Waals surface area contributed by atoms with E-state index in [1.54, 1.807) is 0 Å². The third-order valence-electron chi connectivity index (χ3n) is 6.17. The van der Waals surface area contributed by atoms with Crippen molar-refractivity contribution in [1.29, 1.82) is 0 Å². The number of hydrogen-bond donors (Lipinski definition) is 1. The average Bonchev–Trinajstić information content (AvgIpc) is 3.09. The van der Waals surface area contributed by atoms with Gasteiger partial charge in [0, 0.05) is 23.2 Å². The summed E-state index contributed by atoms with van der Waals surface area (Å²) in [6.07, 6.45) is 12.4. The minimum Gasteiger partial charge on any atom is -0.464 e. The van der Waals surface area contributed by atoms with Gasteiger partial charge in [0.1, 0.15) is 5.76 Å². The van der Waals surface area contributed by atoms with Gasteiger partial charge in [0.2, 0.25) is 0 Å². The van der Waals surface area contributed by atoms with Crippen molar-refractivity contribution in [3.8, 4) is 11.3 Å². The Balaban J connectivity index is 1.42. The smallest absolute Gasteiger partial charge is 0.133 e. The molecule has 0 spiro atoms. The van der Waals surface area contributed by atoms with Gasteiger partial charge in [-0.3, -0.25) is 4.90 Å². The highest BCUT2D eigenvalue weighted by Gasteiger charge is 2.26. The van der Waals surface area contributed by atoms with Crippen molar-refractivity contribution in [3.63, 3.8) is 0 Å². The minimum absolute atomic E-state index is 0.460. The van der Waals surface area contributed by atoms with Crippen LogP contribution in [0.25, 0.3) is 11.3 Å². The van der Waals surface area contributed by atoms with Crippen molar-refractivity contribution in [3.05, 3.63) is 36.1 Å². The second-order valence-electron chi connectivity index (χ2n) is 7.84. The van der Waals surface area contributed by atoms with Crippen LogP contribution in [0.2, 0.25) is 0 Å². The number of rotatable bonds is 4. The largest absolute Gasteiger partial charge is 0.464 e. The summed E-state index contributed by atoms with van der Waals surface area (Å²) in [5.74, 6) is 1.88. The van der Waals surface area contributed by atoms with E-state index < -0.39 is 0 Å². The van der Waals surface area contributed by atoms with E-state index in [0.29, 0.717) is 12.1 Å². The summed E-state index contributed by atoms with van der Waals surface area (Å²) in [6, 6.07) is 9.60. The molecule has 0 amide bonds. The van der Waals surface area contributed by atoms with E-state index in [-0.39, 0.29) is 0 Å². The van der Waals surface area contributed by atoms with Crippen LogP contribution in [0.4, 0.5) is 0 Å². The summed E-state index contributed by atoms with van der Waals surface area (Å²) in [5.41, 5.74) is 8.65. The molecule has 2 heterocycles. The predicted molar refractivity (Wildman–Crippen MR) is 98.0 cm³/mol. The molecule has 1 unspecified atom stereocenters. The maximum Gasteiger partial charge on any atom is 0.133 e. The van der Waals surface area contributed by atoms with Gasteiger partial charge in [-0.2, -0.15) is 0 Å². The number of hydrogen-bond acceptors (Lipinski definition) is 3. The molecule has 1 saturated carbocycles. The van der Waals surface area contributed by atoms with Gasteiger partial charge in [-0.15, -0.1) is 0 Å². The lowest BCUT2D eigenvalue weighted by atomic mass is 9.84. The zero-order valence-corrected chi connectivity index (χ0v) is 14.6. The molecule has 2 N–H and O–H groups in total. The topological polar surface area (TPSA) is 42.4 Å². The number of piperidine rings is 1. The molecule has 4 rings (SSSR count). The summed E-state index contributed by atoms with van der Waals surface area (Å²) < 4.78 is 5.85. The Labute approximate surface area is 145 Å². The SMILES string of the molecule is NC1CCC(CCN2CCCCC2c2coc3cccc-3c2)CC1. The van der Waals surface area contributed by atoms with Gasteiger partial charge < -0.3 is 10.2 Å². The fourth-order valence-corrected chi connectivity index (χ4v) is 4.63. The predicted octanol–water partition coefficient (Wildman–Crippen LogP) is 4.82. The third-order valence-corrected chi connectivity index (χ3v) is 6.17. The molecule has 0 bridgehead atoms. The molecule has 0 aromatic carbocycles. The van der Waals surface area contributed by atoms with Crippen LogP contribution >= 0.6 is 0 Å². The van der Waals surface area contributed by atoms with Crippen LogP contribution in [0, 0.1) is 5.92 Å². The monoisotopic (exact) mass is 326 g/mol. The Hall–Kier alpha value is -1.32. The maximum atomic E-state index is 6.05. The van der Waals surface area contributed by atoms with Crippen LogP contribution in [0.5, 0.6) is 0 Å². The molecule has 0 aromatic rings. The van der Waals surface area contributed by atoms with E-state index in [1.807, 2.05) is 12.3 Å². The van der Waals surface area contributed by atoms with Gasteiger partial charge in [0.05, 0.1) is 6.26 Å². The van der Waals surface area contributed by atoms with E-state index in [1.165, 1.54) is 75.6 Å². The summed E-state index contributed by atoms with van der Waals surface area (Å²) >= 11 is 0. The Kier molecular flexibility index (Phi) is 4.91. The summed E-state index contributed by atoms with van der Waals surface area (Å²) in [7, 11) is 0. The Morgan fingerprint density at radius 2 is 1.96 bits per heavy atom. The number of likely N-dealkylation sites (tertiary alicyclic amines) is 1. The fraction of sp³-hybridized carbons (Fsp3) is 0.619. The highest BCUT2D eigenvalue weighted by Crippen LogP contribution is 2.35. The van der Waals surface area contributed by atoms with Crippen LogP contribution in [0.1, 0.15) is 63.0 Å². The highest BCUT2D eigenvalue weighted by molar-refractivity contribution is 5.60. The quantitative estimate of drug-likeness (QED) is 0.876. The van der Waals surface area contributed by atoms with Gasteiger partial charge in [-0.1, -0.05) is 18.6 Å². The first-order chi connectivity index (χ1) is 11.8. The first-order valence-corrected chi connectivity index (χ1v) is 9.76. The summed E-state index contributed by atoms with van der Waals surface area (Å²) in [5, 5.41) is 0. The lowest BCUT2D eigenvalue weighted by Gasteiger charge is -2.37. The van der Waals surface area contributed by atoms with Crippen LogP contribution in [0.3, 0.4) is 0 Å². The Morgan fingerprint density at radius 3 is 2.83 bits per heavy atom. The van der Waals surface area contributed by atoms with Gasteiger partial charge in [-0.05, 0) is 76.1 Å². The molecule has 2 aliphatic heterocycles. The standard InChI is InChI=1S/C21H30N2O/c22-19-9-7-16(8-10-19)11-13-23-12-2-1-5-20(23)18-14-17-4-3-6-21(17)24-15-18/h3-4,6,14-16,19-20H,1-2,5,7-13,22H2. The molecule has 2 aliphatic carbocycles. The second kappa shape index (κ2) is 7.28. The lowest BCUT2D eigenvalue weighted by Crippen LogP contribution is -2.35. The van der Waals surface area contributed by atoms with Crippen LogP contribution in [-0.4, -0.2) is 24.0 Å². The zero-order valence-electron chi connectivity index (χ0n) is 14.6. The van der Waals surface area contributed by atoms with E-state index in [4.69, 9.17) is 10.2 Å². The Morgan fingerprint density at radius 1 is 1.08 bits per heavy atom. The molecule has 0 aromatic heterocycles. The van der Waals surface area contributed by atoms with Gasteiger partial charge >= 0.3 is 0 Å². The van der Waals surface area contributed by atoms with Crippen molar-refractivity contribution >= 4 is 0 Å². The van der Waals surface area contributed by atoms with E-state index in [0.717, 1.165) is 11.7 Å². The zero-order chi connectivity index (χ0) is 16.4. The molecule has 4 aliphatic rings. The van der Waals surface area contributed by atoms with Crippen molar-refractivity contribution < 1.29 is 4.42 Å². The first kappa shape index (κ1) is 16.2. The van der Waals surface area contributed by atoms with Crippen molar-refractivity contribution in [2.24, 2.45) is 11.7 Å². The number of nitrogens with zero attached hydrogens (tertiary/aromatic N) is 1. The third kappa shape index (κ3) is 3.52. The highest BCUT2D eigenvalue weighted by atomic mass is 16.3. The molecular formula is C21H30N2O. The fourth-order valence-electron chi connectivity index (χ4n) is 4.63. The molecule has 3 nitrogen and oxygen atoms in total. The molecule has 1 saturated heterocycles. The lowest BCUT2D eigenvalue weighted by molar-refractivity contribution is 0.131. The minimum atomic E-state index is 0.460. The first-order valence-electron chi connectivity index (χ1n) is 9.76. The van der Waals surface area contributed by atoms with E-state index in [9.17, 15) is 0 Å². The summed E-state index contributed by atoms with van der Waals surface area (Å²) in [4.78, 5) is 2.71. The van der Waals surface area contributed by atoms with E-state index in [2.05, 4.69) is 23.1 Å². The average molecular weight is 326 g/mol. The van der Waals surface area contributed by atoms with Crippen LogP contribution < -0.4 is 5.73 Å². The number of nitrogens with two attached hydrogens (primary N) is 1. The molecule has 1 atom stereocenters. The van der Waals surface area contributed by atoms with Gasteiger partial charge in [0.25, 0.3) is 0 Å². The molecular weight excluding hydrogens is 296 g/mol. The van der Waals surface area contributed by atoms with E-state index >= 15 is 0 Å². The van der Waals surface area contributed by atoms with Crippen LogP contribution in [0.15, 0.2) is 34.9 Å². The molecule has 24 heavy (non-hydrogen) atoms. The van der Waals surface area contributed by atoms with Gasteiger partial charge in [-0.25, -0.2) is 0 Å². The molecule has 130 valence electrons. The number of fused-ring (bicyclic) bond motifs is 1.